The van der Waals surface area contributed by atoms with Crippen LogP contribution in [0.3, 0.4) is 0 Å². The number of hydrogen-bond acceptors (Lipinski definition) is 6. The summed E-state index contributed by atoms with van der Waals surface area (Å²) in [6, 6.07) is 7.22. The summed E-state index contributed by atoms with van der Waals surface area (Å²) < 4.78 is 10.1. The van der Waals surface area contributed by atoms with E-state index in [-0.39, 0.29) is 21.8 Å². The Kier molecular flexibility index (Phi) is 4.94. The molecule has 0 aliphatic heterocycles. The maximum absolute atomic E-state index is 11.4. The number of halogens is 1. The molecule has 7 heteroatoms. The van der Waals surface area contributed by atoms with Gasteiger partial charge < -0.3 is 14.6 Å². The van der Waals surface area contributed by atoms with Crippen molar-refractivity contribution in [2.24, 2.45) is 0 Å². The van der Waals surface area contributed by atoms with E-state index in [1.165, 1.54) is 7.11 Å². The van der Waals surface area contributed by atoms with Crippen LogP contribution in [0.2, 0.25) is 5.15 Å². The Morgan fingerprint density at radius 3 is 2.70 bits per heavy atom. The number of aromatic nitrogens is 1. The SMILES string of the molecule is COC(=O)c1sc(Oc2ccc(CCO)cc2)nc1Cl. The van der Waals surface area contributed by atoms with Crippen LogP contribution >= 0.6 is 22.9 Å². The lowest BCUT2D eigenvalue weighted by Gasteiger charge is -2.02. The van der Waals surface area contributed by atoms with E-state index in [2.05, 4.69) is 9.72 Å². The summed E-state index contributed by atoms with van der Waals surface area (Å²) in [5.41, 5.74) is 1.01. The van der Waals surface area contributed by atoms with E-state index in [1.807, 2.05) is 12.1 Å². The predicted molar refractivity (Wildman–Crippen MR) is 75.8 cm³/mol. The average Bonchev–Trinajstić information content (AvgIpc) is 2.81. The number of aliphatic hydroxyl groups excluding tert-OH is 1. The molecule has 106 valence electrons. The van der Waals surface area contributed by atoms with Gasteiger partial charge in [-0.1, -0.05) is 35.1 Å². The molecule has 0 amide bonds. The quantitative estimate of drug-likeness (QED) is 0.860. The molecule has 2 aromatic rings. The molecule has 0 unspecified atom stereocenters. The first kappa shape index (κ1) is 14.8. The Morgan fingerprint density at radius 1 is 1.40 bits per heavy atom. The maximum atomic E-state index is 11.4. The summed E-state index contributed by atoms with van der Waals surface area (Å²) >= 11 is 6.86. The van der Waals surface area contributed by atoms with E-state index in [0.29, 0.717) is 12.2 Å². The van der Waals surface area contributed by atoms with Gasteiger partial charge in [0.2, 0.25) is 0 Å². The molecule has 2 rings (SSSR count). The number of carbonyl (C=O) groups is 1. The monoisotopic (exact) mass is 313 g/mol. The first-order valence-corrected chi connectivity index (χ1v) is 6.95. The van der Waals surface area contributed by atoms with Crippen LogP contribution in [0.15, 0.2) is 24.3 Å². The second-order valence-corrected chi connectivity index (χ2v) is 5.13. The standard InChI is InChI=1S/C13H12ClNO4S/c1-18-12(17)10-11(14)15-13(20-10)19-9-4-2-8(3-5-9)6-7-16/h2-5,16H,6-7H2,1H3. The smallest absolute Gasteiger partial charge is 0.351 e. The van der Waals surface area contributed by atoms with Crippen LogP contribution in [-0.4, -0.2) is 29.8 Å². The van der Waals surface area contributed by atoms with E-state index >= 15 is 0 Å². The molecule has 0 bridgehead atoms. The number of rotatable bonds is 5. The first-order chi connectivity index (χ1) is 9.63. The van der Waals surface area contributed by atoms with Crippen molar-refractivity contribution in [1.82, 2.24) is 4.98 Å². The maximum Gasteiger partial charge on any atom is 0.351 e. The van der Waals surface area contributed by atoms with Crippen LogP contribution in [0.25, 0.3) is 0 Å². The van der Waals surface area contributed by atoms with Gasteiger partial charge in [0, 0.05) is 6.61 Å². The highest BCUT2D eigenvalue weighted by Crippen LogP contribution is 2.32. The Bertz CT molecular complexity index is 597. The van der Waals surface area contributed by atoms with Crippen molar-refractivity contribution in [2.75, 3.05) is 13.7 Å². The molecule has 1 heterocycles. The molecule has 5 nitrogen and oxygen atoms in total. The van der Waals surface area contributed by atoms with Gasteiger partial charge in [-0.2, -0.15) is 4.98 Å². The minimum Gasteiger partial charge on any atom is -0.465 e. The molecule has 1 aromatic heterocycles. The second-order valence-electron chi connectivity index (χ2n) is 3.81. The zero-order chi connectivity index (χ0) is 14.5. The zero-order valence-electron chi connectivity index (χ0n) is 10.6. The van der Waals surface area contributed by atoms with Crippen LogP contribution < -0.4 is 4.74 Å². The summed E-state index contributed by atoms with van der Waals surface area (Å²) in [5, 5.41) is 9.17. The second kappa shape index (κ2) is 6.69. The lowest BCUT2D eigenvalue weighted by molar-refractivity contribution is 0.0606. The van der Waals surface area contributed by atoms with Gasteiger partial charge in [-0.25, -0.2) is 4.79 Å². The Balaban J connectivity index is 2.11. The van der Waals surface area contributed by atoms with Crippen molar-refractivity contribution in [1.29, 1.82) is 0 Å². The fraction of sp³-hybridized carbons (Fsp3) is 0.231. The number of ether oxygens (including phenoxy) is 2. The van der Waals surface area contributed by atoms with Crippen LogP contribution in [0.1, 0.15) is 15.2 Å². The van der Waals surface area contributed by atoms with Gasteiger partial charge in [0.1, 0.15) is 5.75 Å². The molecule has 0 saturated carbocycles. The predicted octanol–water partition coefficient (Wildman–Crippen LogP) is 2.91. The summed E-state index contributed by atoms with van der Waals surface area (Å²) in [4.78, 5) is 15.6. The van der Waals surface area contributed by atoms with Gasteiger partial charge in [-0.3, -0.25) is 0 Å². The molecule has 0 radical (unpaired) electrons. The molecule has 1 aromatic carbocycles. The van der Waals surface area contributed by atoms with Gasteiger partial charge >= 0.3 is 5.97 Å². The minimum atomic E-state index is -0.541. The summed E-state index contributed by atoms with van der Waals surface area (Å²) in [6.07, 6.45) is 0.593. The fourth-order valence-electron chi connectivity index (χ4n) is 1.50. The number of hydrogen-bond donors (Lipinski definition) is 1. The summed E-state index contributed by atoms with van der Waals surface area (Å²) in [7, 11) is 1.28. The van der Waals surface area contributed by atoms with Crippen molar-refractivity contribution < 1.29 is 19.4 Å². The minimum absolute atomic E-state index is 0.0637. The van der Waals surface area contributed by atoms with Crippen molar-refractivity contribution in [3.63, 3.8) is 0 Å². The van der Waals surface area contributed by atoms with Gasteiger partial charge in [-0.15, -0.1) is 0 Å². The molecule has 0 aliphatic rings. The van der Waals surface area contributed by atoms with Crippen molar-refractivity contribution >= 4 is 28.9 Å². The van der Waals surface area contributed by atoms with Crippen LogP contribution in [0, 0.1) is 0 Å². The number of benzene rings is 1. The first-order valence-electron chi connectivity index (χ1n) is 5.76. The van der Waals surface area contributed by atoms with Gasteiger partial charge in [-0.05, 0) is 24.1 Å². The lowest BCUT2D eigenvalue weighted by atomic mass is 10.1. The molecular formula is C13H12ClNO4S. The third kappa shape index (κ3) is 3.47. The van der Waals surface area contributed by atoms with E-state index in [0.717, 1.165) is 16.9 Å². The lowest BCUT2D eigenvalue weighted by Crippen LogP contribution is -1.98. The topological polar surface area (TPSA) is 68.7 Å². The molecule has 0 saturated heterocycles. The highest BCUT2D eigenvalue weighted by atomic mass is 35.5. The number of carbonyl (C=O) groups excluding carboxylic acids is 1. The average molecular weight is 314 g/mol. The summed E-state index contributed by atoms with van der Waals surface area (Å²) in [5.74, 6) is 0.0363. The van der Waals surface area contributed by atoms with Gasteiger partial charge in [0.05, 0.1) is 7.11 Å². The molecule has 20 heavy (non-hydrogen) atoms. The van der Waals surface area contributed by atoms with Crippen molar-refractivity contribution in [2.45, 2.75) is 6.42 Å². The van der Waals surface area contributed by atoms with E-state index in [1.54, 1.807) is 12.1 Å². The van der Waals surface area contributed by atoms with Crippen LogP contribution in [0.4, 0.5) is 0 Å². The van der Waals surface area contributed by atoms with E-state index in [4.69, 9.17) is 21.4 Å². The van der Waals surface area contributed by atoms with Crippen molar-refractivity contribution in [3.05, 3.63) is 39.9 Å². The van der Waals surface area contributed by atoms with Crippen LogP contribution in [-0.2, 0) is 11.2 Å². The highest BCUT2D eigenvalue weighted by Gasteiger charge is 2.18. The molecule has 0 aliphatic carbocycles. The Morgan fingerprint density at radius 2 is 2.10 bits per heavy atom. The number of esters is 1. The van der Waals surface area contributed by atoms with Gasteiger partial charge in [0.25, 0.3) is 5.19 Å². The normalized spacial score (nSPS) is 10.3. The van der Waals surface area contributed by atoms with E-state index in [9.17, 15) is 4.79 Å². The Hall–Kier alpha value is -1.63. The van der Waals surface area contributed by atoms with E-state index < -0.39 is 5.97 Å². The number of aliphatic hydroxyl groups is 1. The molecule has 0 atom stereocenters. The summed E-state index contributed by atoms with van der Waals surface area (Å²) in [6.45, 7) is 0.102. The number of methoxy groups -OCH3 is 1. The molecule has 1 N–H and O–H groups in total. The number of nitrogens with zero attached hydrogens (tertiary/aromatic N) is 1. The third-order valence-corrected chi connectivity index (χ3v) is 3.76. The fourth-order valence-corrected chi connectivity index (χ4v) is 2.57. The molecule has 0 spiro atoms. The van der Waals surface area contributed by atoms with Crippen LogP contribution in [0.5, 0.6) is 10.9 Å². The Labute approximate surface area is 124 Å². The van der Waals surface area contributed by atoms with Crippen molar-refractivity contribution in [3.8, 4) is 10.9 Å². The number of thiazole rings is 1. The highest BCUT2D eigenvalue weighted by molar-refractivity contribution is 7.15. The van der Waals surface area contributed by atoms with Gasteiger partial charge in [0.15, 0.2) is 10.0 Å². The third-order valence-electron chi connectivity index (χ3n) is 2.47. The zero-order valence-corrected chi connectivity index (χ0v) is 12.2. The molecular weight excluding hydrogens is 302 g/mol. The largest absolute Gasteiger partial charge is 0.465 e. The molecule has 0 fully saturated rings.